The Hall–Kier alpha value is -1.66. The third-order valence-corrected chi connectivity index (χ3v) is 3.97. The molecule has 1 aliphatic heterocycles. The van der Waals surface area contributed by atoms with E-state index in [1.54, 1.807) is 7.11 Å². The molecule has 0 saturated carbocycles. The van der Waals surface area contributed by atoms with Gasteiger partial charge >= 0.3 is 6.61 Å². The molecule has 1 fully saturated rings. The van der Waals surface area contributed by atoms with Gasteiger partial charge in [-0.2, -0.15) is 8.78 Å². The molecule has 6 heteroatoms. The van der Waals surface area contributed by atoms with E-state index in [4.69, 9.17) is 4.74 Å². The number of rotatable bonds is 6. The Kier molecular flexibility index (Phi) is 4.07. The van der Waals surface area contributed by atoms with Crippen LogP contribution < -0.4 is 4.74 Å². The highest BCUT2D eigenvalue weighted by atomic mass is 19.3. The molecule has 21 heavy (non-hydrogen) atoms. The van der Waals surface area contributed by atoms with Gasteiger partial charge in [-0.1, -0.05) is 0 Å². The summed E-state index contributed by atoms with van der Waals surface area (Å²) in [5.74, 6) is 0.811. The summed E-state index contributed by atoms with van der Waals surface area (Å²) in [7, 11) is 1.64. The summed E-state index contributed by atoms with van der Waals surface area (Å²) in [6.45, 7) is -1.18. The number of aromatic nitrogens is 1. The van der Waals surface area contributed by atoms with Crippen LogP contribution in [0.3, 0.4) is 0 Å². The third kappa shape index (κ3) is 3.01. The zero-order chi connectivity index (χ0) is 14.8. The number of alkyl halides is 2. The van der Waals surface area contributed by atoms with Crippen LogP contribution in [-0.2, 0) is 11.2 Å². The lowest BCUT2D eigenvalue weighted by atomic mass is 10.1. The maximum absolute atomic E-state index is 12.2. The molecule has 1 aromatic heterocycles. The Bertz CT molecular complexity index is 615. The molecule has 1 saturated heterocycles. The standard InChI is InChI=1S/C15H18F2N2O2/c1-20-11-2-3-13-12(8-11)10(9-18-13)4-6-19-7-5-14(19)21-15(16)17/h2-3,8-9,14-15,18H,4-7H2,1H3/t14-/m0/s1. The van der Waals surface area contributed by atoms with E-state index in [0.717, 1.165) is 35.2 Å². The minimum absolute atomic E-state index is 0.440. The second kappa shape index (κ2) is 5.99. The van der Waals surface area contributed by atoms with E-state index in [9.17, 15) is 8.78 Å². The average Bonchev–Trinajstić information content (AvgIpc) is 2.86. The fraction of sp³-hybridized carbons (Fsp3) is 0.467. The summed E-state index contributed by atoms with van der Waals surface area (Å²) in [6.07, 6.45) is 2.99. The predicted molar refractivity (Wildman–Crippen MR) is 75.6 cm³/mol. The summed E-state index contributed by atoms with van der Waals surface area (Å²) in [6, 6.07) is 5.87. The summed E-state index contributed by atoms with van der Waals surface area (Å²) < 4.78 is 34.2. The van der Waals surface area contributed by atoms with Gasteiger partial charge in [0.15, 0.2) is 0 Å². The van der Waals surface area contributed by atoms with Crippen molar-refractivity contribution < 1.29 is 18.3 Å². The fourth-order valence-corrected chi connectivity index (χ4v) is 2.70. The average molecular weight is 296 g/mol. The molecule has 1 aliphatic rings. The van der Waals surface area contributed by atoms with Gasteiger partial charge in [0.25, 0.3) is 0 Å². The van der Waals surface area contributed by atoms with Crippen LogP contribution >= 0.6 is 0 Å². The number of ether oxygens (including phenoxy) is 2. The lowest BCUT2D eigenvalue weighted by Crippen LogP contribution is -2.50. The molecule has 1 aromatic carbocycles. The molecule has 0 amide bonds. The number of fused-ring (bicyclic) bond motifs is 1. The normalized spacial score (nSPS) is 19.1. The monoisotopic (exact) mass is 296 g/mol. The summed E-state index contributed by atoms with van der Waals surface area (Å²) in [5.41, 5.74) is 2.21. The van der Waals surface area contributed by atoms with E-state index in [2.05, 4.69) is 9.72 Å². The van der Waals surface area contributed by atoms with Gasteiger partial charge in [0.1, 0.15) is 12.0 Å². The molecule has 2 heterocycles. The molecular formula is C15H18F2N2O2. The second-order valence-corrected chi connectivity index (χ2v) is 5.15. The topological polar surface area (TPSA) is 37.5 Å². The van der Waals surface area contributed by atoms with Crippen LogP contribution in [0.4, 0.5) is 8.78 Å². The number of aromatic amines is 1. The molecule has 0 spiro atoms. The number of H-pyrrole nitrogens is 1. The molecule has 3 rings (SSSR count). The smallest absolute Gasteiger partial charge is 0.346 e. The van der Waals surface area contributed by atoms with Crippen molar-refractivity contribution in [3.05, 3.63) is 30.0 Å². The quantitative estimate of drug-likeness (QED) is 0.890. The highest BCUT2D eigenvalue weighted by Crippen LogP contribution is 2.26. The lowest BCUT2D eigenvalue weighted by Gasteiger charge is -2.40. The summed E-state index contributed by atoms with van der Waals surface area (Å²) in [5, 5.41) is 1.11. The Morgan fingerprint density at radius 3 is 2.95 bits per heavy atom. The second-order valence-electron chi connectivity index (χ2n) is 5.15. The van der Waals surface area contributed by atoms with Gasteiger partial charge in [-0.3, -0.25) is 4.90 Å². The summed E-state index contributed by atoms with van der Waals surface area (Å²) in [4.78, 5) is 5.15. The number of halogens is 2. The van der Waals surface area contributed by atoms with Gasteiger partial charge in [-0.05, 0) is 30.2 Å². The number of benzene rings is 1. The summed E-state index contributed by atoms with van der Waals surface area (Å²) >= 11 is 0. The number of likely N-dealkylation sites (tertiary alicyclic amines) is 1. The van der Waals surface area contributed by atoms with Gasteiger partial charge < -0.3 is 14.5 Å². The van der Waals surface area contributed by atoms with E-state index in [0.29, 0.717) is 13.0 Å². The van der Waals surface area contributed by atoms with Crippen molar-refractivity contribution in [3.8, 4) is 5.75 Å². The zero-order valence-corrected chi connectivity index (χ0v) is 11.8. The van der Waals surface area contributed by atoms with Gasteiger partial charge in [0.2, 0.25) is 0 Å². The van der Waals surface area contributed by atoms with E-state index in [1.807, 2.05) is 29.3 Å². The molecule has 1 N–H and O–H groups in total. The minimum Gasteiger partial charge on any atom is -0.497 e. The lowest BCUT2D eigenvalue weighted by molar-refractivity contribution is -0.234. The van der Waals surface area contributed by atoms with E-state index >= 15 is 0 Å². The van der Waals surface area contributed by atoms with Gasteiger partial charge in [0.05, 0.1) is 7.11 Å². The highest BCUT2D eigenvalue weighted by molar-refractivity contribution is 5.84. The van der Waals surface area contributed by atoms with Crippen molar-refractivity contribution in [1.29, 1.82) is 0 Å². The Morgan fingerprint density at radius 2 is 2.29 bits per heavy atom. The largest absolute Gasteiger partial charge is 0.497 e. The number of methoxy groups -OCH3 is 1. The van der Waals surface area contributed by atoms with Gasteiger partial charge in [-0.15, -0.1) is 0 Å². The van der Waals surface area contributed by atoms with Crippen molar-refractivity contribution in [1.82, 2.24) is 9.88 Å². The molecule has 0 bridgehead atoms. The molecule has 1 atom stereocenters. The predicted octanol–water partition coefficient (Wildman–Crippen LogP) is 2.99. The zero-order valence-electron chi connectivity index (χ0n) is 11.8. The van der Waals surface area contributed by atoms with Crippen LogP contribution in [0.15, 0.2) is 24.4 Å². The third-order valence-electron chi connectivity index (χ3n) is 3.97. The molecule has 2 aromatic rings. The minimum atomic E-state index is -2.70. The van der Waals surface area contributed by atoms with Crippen molar-refractivity contribution >= 4 is 10.9 Å². The van der Waals surface area contributed by atoms with Crippen LogP contribution in [0.5, 0.6) is 5.75 Å². The fourth-order valence-electron chi connectivity index (χ4n) is 2.70. The first-order valence-corrected chi connectivity index (χ1v) is 6.99. The molecule has 0 unspecified atom stereocenters. The van der Waals surface area contributed by atoms with Crippen molar-refractivity contribution in [2.75, 3.05) is 20.2 Å². The maximum Gasteiger partial charge on any atom is 0.346 e. The molecule has 0 aliphatic carbocycles. The number of nitrogens with zero attached hydrogens (tertiary/aromatic N) is 1. The highest BCUT2D eigenvalue weighted by Gasteiger charge is 2.30. The Morgan fingerprint density at radius 1 is 1.43 bits per heavy atom. The van der Waals surface area contributed by atoms with E-state index in [-0.39, 0.29) is 0 Å². The molecular weight excluding hydrogens is 278 g/mol. The molecule has 114 valence electrons. The number of hydrogen-bond acceptors (Lipinski definition) is 3. The first-order chi connectivity index (χ1) is 10.2. The van der Waals surface area contributed by atoms with Crippen LogP contribution in [0, 0.1) is 0 Å². The van der Waals surface area contributed by atoms with Gasteiger partial charge in [0, 0.05) is 36.6 Å². The van der Waals surface area contributed by atoms with Crippen LogP contribution in [0.25, 0.3) is 10.9 Å². The van der Waals surface area contributed by atoms with E-state index in [1.165, 1.54) is 0 Å². The van der Waals surface area contributed by atoms with Crippen LogP contribution in [0.1, 0.15) is 12.0 Å². The van der Waals surface area contributed by atoms with Crippen LogP contribution in [-0.4, -0.2) is 42.9 Å². The van der Waals surface area contributed by atoms with Gasteiger partial charge in [-0.25, -0.2) is 0 Å². The van der Waals surface area contributed by atoms with Crippen molar-refractivity contribution in [2.24, 2.45) is 0 Å². The molecule has 0 radical (unpaired) electrons. The Labute approximate surface area is 121 Å². The SMILES string of the molecule is COc1ccc2[nH]cc(CCN3CC[C@@H]3OC(F)F)c2c1. The van der Waals surface area contributed by atoms with E-state index < -0.39 is 12.8 Å². The first-order valence-electron chi connectivity index (χ1n) is 6.99. The Balaban J connectivity index is 1.65. The number of hydrogen-bond donors (Lipinski definition) is 1. The van der Waals surface area contributed by atoms with Crippen LogP contribution in [0.2, 0.25) is 0 Å². The first kappa shape index (κ1) is 14.3. The molecule has 4 nitrogen and oxygen atoms in total. The number of nitrogens with one attached hydrogen (secondary N) is 1. The van der Waals surface area contributed by atoms with Crippen molar-refractivity contribution in [3.63, 3.8) is 0 Å². The maximum atomic E-state index is 12.2. The van der Waals surface area contributed by atoms with Crippen molar-refractivity contribution in [2.45, 2.75) is 25.7 Å².